The molecule has 1 unspecified atom stereocenters. The highest BCUT2D eigenvalue weighted by Gasteiger charge is 2.23. The van der Waals surface area contributed by atoms with Gasteiger partial charge in [-0.3, -0.25) is 0 Å². The van der Waals surface area contributed by atoms with Gasteiger partial charge in [-0.2, -0.15) is 0 Å². The standard InChI is InChI=1S/C17H16O5/c18-16(19)15(11-13-7-3-1-4-8-13)22-17(20)21-12-14-9-5-2-6-10-14/h1-10,15H,11-12H2,(H,18,19). The minimum atomic E-state index is -1.27. The molecule has 0 radical (unpaired) electrons. The zero-order valence-corrected chi connectivity index (χ0v) is 11.8. The van der Waals surface area contributed by atoms with E-state index in [1.807, 2.05) is 24.3 Å². The summed E-state index contributed by atoms with van der Waals surface area (Å²) < 4.78 is 9.80. The first kappa shape index (κ1) is 15.6. The highest BCUT2D eigenvalue weighted by atomic mass is 16.7. The Kier molecular flexibility index (Phi) is 5.54. The quantitative estimate of drug-likeness (QED) is 0.830. The van der Waals surface area contributed by atoms with E-state index in [4.69, 9.17) is 14.6 Å². The Morgan fingerprint density at radius 1 is 0.909 bits per heavy atom. The van der Waals surface area contributed by atoms with E-state index in [2.05, 4.69) is 0 Å². The van der Waals surface area contributed by atoms with Gasteiger partial charge in [-0.05, 0) is 11.1 Å². The molecule has 0 spiro atoms. The van der Waals surface area contributed by atoms with E-state index in [1.165, 1.54) is 0 Å². The van der Waals surface area contributed by atoms with Crippen molar-refractivity contribution in [2.45, 2.75) is 19.1 Å². The molecule has 0 amide bonds. The van der Waals surface area contributed by atoms with Gasteiger partial charge in [0.1, 0.15) is 6.61 Å². The average molecular weight is 300 g/mol. The van der Waals surface area contributed by atoms with Gasteiger partial charge in [-0.1, -0.05) is 60.7 Å². The molecule has 5 nitrogen and oxygen atoms in total. The summed E-state index contributed by atoms with van der Waals surface area (Å²) in [6, 6.07) is 18.0. The highest BCUT2D eigenvalue weighted by Crippen LogP contribution is 2.09. The maximum atomic E-state index is 11.6. The van der Waals surface area contributed by atoms with E-state index in [1.54, 1.807) is 36.4 Å². The maximum absolute atomic E-state index is 11.6. The van der Waals surface area contributed by atoms with Crippen LogP contribution in [-0.4, -0.2) is 23.3 Å². The van der Waals surface area contributed by atoms with Gasteiger partial charge in [0, 0.05) is 6.42 Å². The van der Waals surface area contributed by atoms with Crippen molar-refractivity contribution in [2.24, 2.45) is 0 Å². The van der Waals surface area contributed by atoms with Crippen LogP contribution in [0.15, 0.2) is 60.7 Å². The summed E-state index contributed by atoms with van der Waals surface area (Å²) in [6.45, 7) is 0.0390. The number of hydrogen-bond acceptors (Lipinski definition) is 4. The van der Waals surface area contributed by atoms with Gasteiger partial charge in [0.25, 0.3) is 0 Å². The molecule has 0 fully saturated rings. The number of carboxylic acids is 1. The van der Waals surface area contributed by atoms with Crippen molar-refractivity contribution in [3.63, 3.8) is 0 Å². The first-order valence-electron chi connectivity index (χ1n) is 6.79. The molecule has 0 saturated heterocycles. The topological polar surface area (TPSA) is 72.8 Å². The smallest absolute Gasteiger partial charge is 0.478 e. The molecule has 0 bridgehead atoms. The van der Waals surface area contributed by atoms with Crippen LogP contribution in [0.1, 0.15) is 11.1 Å². The van der Waals surface area contributed by atoms with Gasteiger partial charge in [0.05, 0.1) is 0 Å². The van der Waals surface area contributed by atoms with E-state index >= 15 is 0 Å². The molecule has 1 atom stereocenters. The van der Waals surface area contributed by atoms with Gasteiger partial charge < -0.3 is 14.6 Å². The Balaban J connectivity index is 1.88. The molecule has 0 aliphatic rings. The SMILES string of the molecule is O=C(OCc1ccccc1)OC(Cc1ccccc1)C(=O)O. The summed E-state index contributed by atoms with van der Waals surface area (Å²) in [5, 5.41) is 9.14. The number of carbonyl (C=O) groups is 2. The molecule has 2 aromatic carbocycles. The number of benzene rings is 2. The Labute approximate surface area is 128 Å². The van der Waals surface area contributed by atoms with Gasteiger partial charge in [-0.25, -0.2) is 9.59 Å². The molecule has 0 aromatic heterocycles. The summed E-state index contributed by atoms with van der Waals surface area (Å²) >= 11 is 0. The van der Waals surface area contributed by atoms with Crippen LogP contribution in [0.3, 0.4) is 0 Å². The monoisotopic (exact) mass is 300 g/mol. The number of carboxylic acid groups (broad SMARTS) is 1. The molecule has 2 rings (SSSR count). The maximum Gasteiger partial charge on any atom is 0.509 e. The third-order valence-electron chi connectivity index (χ3n) is 2.98. The van der Waals surface area contributed by atoms with Gasteiger partial charge in [0.2, 0.25) is 6.10 Å². The Morgan fingerprint density at radius 2 is 1.45 bits per heavy atom. The molecule has 2 aromatic rings. The van der Waals surface area contributed by atoms with Crippen molar-refractivity contribution in [3.8, 4) is 0 Å². The van der Waals surface area contributed by atoms with Gasteiger partial charge in [0.15, 0.2) is 0 Å². The lowest BCUT2D eigenvalue weighted by Gasteiger charge is -2.13. The largest absolute Gasteiger partial charge is 0.509 e. The second kappa shape index (κ2) is 7.83. The van der Waals surface area contributed by atoms with Gasteiger partial charge >= 0.3 is 12.1 Å². The fourth-order valence-electron chi connectivity index (χ4n) is 1.87. The molecule has 0 saturated carbocycles. The number of aliphatic carboxylic acids is 1. The second-order valence-corrected chi connectivity index (χ2v) is 4.66. The van der Waals surface area contributed by atoms with Crippen molar-refractivity contribution in [1.29, 1.82) is 0 Å². The van der Waals surface area contributed by atoms with Crippen LogP contribution in [0.25, 0.3) is 0 Å². The lowest BCUT2D eigenvalue weighted by Crippen LogP contribution is -2.29. The summed E-state index contributed by atoms with van der Waals surface area (Å²) in [6.07, 6.45) is -2.17. The lowest BCUT2D eigenvalue weighted by molar-refractivity contribution is -0.148. The number of carbonyl (C=O) groups excluding carboxylic acids is 1. The Hall–Kier alpha value is -2.82. The van der Waals surface area contributed by atoms with Crippen LogP contribution in [0.2, 0.25) is 0 Å². The number of ether oxygens (including phenoxy) is 2. The molecule has 5 heteroatoms. The molecule has 1 N–H and O–H groups in total. The van der Waals surface area contributed by atoms with Gasteiger partial charge in [-0.15, -0.1) is 0 Å². The summed E-state index contributed by atoms with van der Waals surface area (Å²) in [5.74, 6) is -1.21. The Morgan fingerprint density at radius 3 is 2.00 bits per heavy atom. The first-order valence-corrected chi connectivity index (χ1v) is 6.79. The minimum Gasteiger partial charge on any atom is -0.478 e. The molecule has 0 aliphatic carbocycles. The highest BCUT2D eigenvalue weighted by molar-refractivity contribution is 5.76. The third kappa shape index (κ3) is 4.94. The van der Waals surface area contributed by atoms with Crippen LogP contribution in [0.4, 0.5) is 4.79 Å². The third-order valence-corrected chi connectivity index (χ3v) is 2.98. The minimum absolute atomic E-state index is 0.0390. The van der Waals surface area contributed by atoms with E-state index in [0.717, 1.165) is 11.1 Å². The summed E-state index contributed by atoms with van der Waals surface area (Å²) in [4.78, 5) is 22.8. The summed E-state index contributed by atoms with van der Waals surface area (Å²) in [7, 11) is 0. The zero-order valence-electron chi connectivity index (χ0n) is 11.8. The molecule has 22 heavy (non-hydrogen) atoms. The van der Waals surface area contributed by atoms with Crippen LogP contribution in [-0.2, 0) is 27.3 Å². The van der Waals surface area contributed by atoms with E-state index in [-0.39, 0.29) is 13.0 Å². The second-order valence-electron chi connectivity index (χ2n) is 4.66. The fraction of sp³-hybridized carbons (Fsp3) is 0.176. The van der Waals surface area contributed by atoms with Crippen molar-refractivity contribution >= 4 is 12.1 Å². The molecule has 114 valence electrons. The van der Waals surface area contributed by atoms with E-state index < -0.39 is 18.2 Å². The van der Waals surface area contributed by atoms with Crippen LogP contribution in [0.5, 0.6) is 0 Å². The van der Waals surface area contributed by atoms with Crippen molar-refractivity contribution in [2.75, 3.05) is 0 Å². The first-order chi connectivity index (χ1) is 10.6. The summed E-state index contributed by atoms with van der Waals surface area (Å²) in [5.41, 5.74) is 1.57. The van der Waals surface area contributed by atoms with Crippen LogP contribution < -0.4 is 0 Å². The zero-order chi connectivity index (χ0) is 15.8. The molecular weight excluding hydrogens is 284 g/mol. The fourth-order valence-corrected chi connectivity index (χ4v) is 1.87. The van der Waals surface area contributed by atoms with Crippen molar-refractivity contribution < 1.29 is 24.2 Å². The predicted octanol–water partition coefficient (Wildman–Crippen LogP) is 3.04. The van der Waals surface area contributed by atoms with Crippen molar-refractivity contribution in [1.82, 2.24) is 0 Å². The van der Waals surface area contributed by atoms with Crippen LogP contribution >= 0.6 is 0 Å². The molecular formula is C17H16O5. The average Bonchev–Trinajstić information content (AvgIpc) is 2.54. The lowest BCUT2D eigenvalue weighted by atomic mass is 10.1. The normalized spacial score (nSPS) is 11.5. The van der Waals surface area contributed by atoms with E-state index in [9.17, 15) is 9.59 Å². The molecule has 0 heterocycles. The van der Waals surface area contributed by atoms with Crippen LogP contribution in [0, 0.1) is 0 Å². The number of rotatable bonds is 6. The van der Waals surface area contributed by atoms with Crippen molar-refractivity contribution in [3.05, 3.63) is 71.8 Å². The molecule has 0 aliphatic heterocycles. The predicted molar refractivity (Wildman–Crippen MR) is 79.3 cm³/mol. The number of hydrogen-bond donors (Lipinski definition) is 1. The Bertz CT molecular complexity index is 609. The van der Waals surface area contributed by atoms with E-state index in [0.29, 0.717) is 0 Å².